The van der Waals surface area contributed by atoms with Crippen molar-refractivity contribution in [2.75, 3.05) is 5.32 Å². The standard InChI is InChI=1S/C13H9ClF3N3O3/c14-8-2-1-6(13(15,16)17)3-9(8)19-10(21)4-7-5-11(22)20-12(23)18-7/h1-3,5H,4H2,(H,19,21)(H2,18,20,22,23). The van der Waals surface area contributed by atoms with Gasteiger partial charge in [-0.05, 0) is 18.2 Å². The molecule has 0 saturated carbocycles. The van der Waals surface area contributed by atoms with Crippen LogP contribution in [0, 0.1) is 0 Å². The fourth-order valence-corrected chi connectivity index (χ4v) is 1.94. The maximum Gasteiger partial charge on any atom is 0.416 e. The maximum absolute atomic E-state index is 12.6. The topological polar surface area (TPSA) is 94.8 Å². The van der Waals surface area contributed by atoms with Gasteiger partial charge in [-0.3, -0.25) is 14.6 Å². The highest BCUT2D eigenvalue weighted by molar-refractivity contribution is 6.33. The summed E-state index contributed by atoms with van der Waals surface area (Å²) in [6.45, 7) is 0. The number of alkyl halides is 3. The van der Waals surface area contributed by atoms with Gasteiger partial charge in [0.05, 0.1) is 22.7 Å². The molecule has 0 radical (unpaired) electrons. The number of anilines is 1. The Kier molecular flexibility index (Phi) is 4.60. The average Bonchev–Trinajstić information content (AvgIpc) is 2.38. The van der Waals surface area contributed by atoms with Crippen LogP contribution in [0.2, 0.25) is 5.02 Å². The van der Waals surface area contributed by atoms with Crippen molar-refractivity contribution in [3.8, 4) is 0 Å². The SMILES string of the molecule is O=C(Cc1cc(=O)[nH]c(=O)[nH]1)Nc1cc(C(F)(F)F)ccc1Cl. The molecule has 0 aliphatic carbocycles. The summed E-state index contributed by atoms with van der Waals surface area (Å²) in [7, 11) is 0. The Bertz CT molecular complexity index is 830. The van der Waals surface area contributed by atoms with Crippen molar-refractivity contribution >= 4 is 23.2 Å². The van der Waals surface area contributed by atoms with E-state index in [1.807, 2.05) is 4.98 Å². The van der Waals surface area contributed by atoms with Crippen LogP contribution in [0.5, 0.6) is 0 Å². The Hall–Kier alpha value is -2.55. The number of hydrogen-bond donors (Lipinski definition) is 3. The van der Waals surface area contributed by atoms with Gasteiger partial charge in [0.1, 0.15) is 0 Å². The minimum absolute atomic E-state index is 0.0133. The van der Waals surface area contributed by atoms with Crippen molar-refractivity contribution in [2.24, 2.45) is 0 Å². The van der Waals surface area contributed by atoms with Gasteiger partial charge in [0, 0.05) is 11.8 Å². The largest absolute Gasteiger partial charge is 0.416 e. The van der Waals surface area contributed by atoms with Crippen LogP contribution in [0.4, 0.5) is 18.9 Å². The Balaban J connectivity index is 2.20. The highest BCUT2D eigenvalue weighted by atomic mass is 35.5. The van der Waals surface area contributed by atoms with Gasteiger partial charge in [-0.25, -0.2) is 4.79 Å². The lowest BCUT2D eigenvalue weighted by Gasteiger charge is -2.11. The Morgan fingerprint density at radius 2 is 1.87 bits per heavy atom. The Morgan fingerprint density at radius 1 is 1.17 bits per heavy atom. The zero-order chi connectivity index (χ0) is 17.2. The second-order valence-corrected chi connectivity index (χ2v) is 4.94. The van der Waals surface area contributed by atoms with Gasteiger partial charge in [0.25, 0.3) is 5.56 Å². The number of hydrogen-bond acceptors (Lipinski definition) is 3. The molecule has 0 bridgehead atoms. The van der Waals surface area contributed by atoms with Crippen LogP contribution < -0.4 is 16.6 Å². The fourth-order valence-electron chi connectivity index (χ4n) is 1.78. The lowest BCUT2D eigenvalue weighted by molar-refractivity contribution is -0.137. The van der Waals surface area contributed by atoms with E-state index in [4.69, 9.17) is 11.6 Å². The first-order valence-corrected chi connectivity index (χ1v) is 6.52. The molecular weight excluding hydrogens is 339 g/mol. The molecule has 3 N–H and O–H groups in total. The van der Waals surface area contributed by atoms with Crippen molar-refractivity contribution < 1.29 is 18.0 Å². The molecule has 0 aliphatic rings. The number of carbonyl (C=O) groups excluding carboxylic acids is 1. The average molecular weight is 348 g/mol. The molecule has 2 aromatic rings. The van der Waals surface area contributed by atoms with Crippen molar-refractivity contribution in [2.45, 2.75) is 12.6 Å². The normalized spacial score (nSPS) is 11.3. The monoisotopic (exact) mass is 347 g/mol. The van der Waals surface area contributed by atoms with E-state index in [2.05, 4.69) is 10.3 Å². The number of halogens is 4. The highest BCUT2D eigenvalue weighted by Gasteiger charge is 2.31. The van der Waals surface area contributed by atoms with Crippen molar-refractivity contribution in [3.63, 3.8) is 0 Å². The molecule has 0 atom stereocenters. The Morgan fingerprint density at radius 3 is 2.48 bits per heavy atom. The first kappa shape index (κ1) is 16.8. The van der Waals surface area contributed by atoms with Crippen molar-refractivity contribution in [1.82, 2.24) is 9.97 Å². The summed E-state index contributed by atoms with van der Waals surface area (Å²) in [5.41, 5.74) is -2.68. The van der Waals surface area contributed by atoms with E-state index in [9.17, 15) is 27.6 Å². The molecule has 1 amide bonds. The maximum atomic E-state index is 12.6. The second kappa shape index (κ2) is 6.29. The molecule has 1 aromatic carbocycles. The van der Waals surface area contributed by atoms with Gasteiger partial charge in [0.2, 0.25) is 5.91 Å². The first-order valence-electron chi connectivity index (χ1n) is 6.14. The van der Waals surface area contributed by atoms with E-state index in [0.717, 1.165) is 18.2 Å². The summed E-state index contributed by atoms with van der Waals surface area (Å²) in [6.07, 6.45) is -4.99. The van der Waals surface area contributed by atoms with E-state index in [1.54, 1.807) is 0 Å². The number of carbonyl (C=O) groups is 1. The van der Waals surface area contributed by atoms with E-state index < -0.39 is 35.3 Å². The molecule has 10 heteroatoms. The van der Waals surface area contributed by atoms with Crippen LogP contribution in [0.15, 0.2) is 33.9 Å². The number of rotatable bonds is 3. The molecule has 122 valence electrons. The van der Waals surface area contributed by atoms with Crippen LogP contribution in [-0.4, -0.2) is 15.9 Å². The van der Waals surface area contributed by atoms with Crippen molar-refractivity contribution in [1.29, 1.82) is 0 Å². The molecule has 0 saturated heterocycles. The predicted molar refractivity (Wildman–Crippen MR) is 76.5 cm³/mol. The van der Waals surface area contributed by atoms with Gasteiger partial charge < -0.3 is 10.3 Å². The first-order chi connectivity index (χ1) is 10.6. The molecule has 2 rings (SSSR count). The van der Waals surface area contributed by atoms with Crippen LogP contribution in [0.1, 0.15) is 11.3 Å². The lowest BCUT2D eigenvalue weighted by Crippen LogP contribution is -2.25. The Labute approximate surface area is 131 Å². The summed E-state index contributed by atoms with van der Waals surface area (Å²) in [4.78, 5) is 38.2. The predicted octanol–water partition coefficient (Wildman–Crippen LogP) is 1.92. The summed E-state index contributed by atoms with van der Waals surface area (Å²) in [5.74, 6) is -0.743. The quantitative estimate of drug-likeness (QED) is 0.791. The number of nitrogens with one attached hydrogen (secondary N) is 3. The van der Waals surface area contributed by atoms with Gasteiger partial charge in [0.15, 0.2) is 0 Å². The van der Waals surface area contributed by atoms with E-state index >= 15 is 0 Å². The molecular formula is C13H9ClF3N3O3. The summed E-state index contributed by atoms with van der Waals surface area (Å²) in [5, 5.41) is 2.13. The van der Waals surface area contributed by atoms with E-state index in [-0.39, 0.29) is 16.4 Å². The molecule has 6 nitrogen and oxygen atoms in total. The van der Waals surface area contributed by atoms with Gasteiger partial charge in [-0.2, -0.15) is 13.2 Å². The van der Waals surface area contributed by atoms with Gasteiger partial charge >= 0.3 is 11.9 Å². The number of aromatic amines is 2. The lowest BCUT2D eigenvalue weighted by atomic mass is 10.2. The van der Waals surface area contributed by atoms with Crippen LogP contribution in [0.25, 0.3) is 0 Å². The molecule has 23 heavy (non-hydrogen) atoms. The highest BCUT2D eigenvalue weighted by Crippen LogP contribution is 2.33. The van der Waals surface area contributed by atoms with E-state index in [0.29, 0.717) is 6.07 Å². The number of benzene rings is 1. The van der Waals surface area contributed by atoms with Crippen LogP contribution in [0.3, 0.4) is 0 Å². The van der Waals surface area contributed by atoms with Gasteiger partial charge in [-0.15, -0.1) is 0 Å². The molecule has 1 aromatic heterocycles. The third-order valence-corrected chi connectivity index (χ3v) is 3.06. The smallest absolute Gasteiger partial charge is 0.324 e. The zero-order valence-corrected chi connectivity index (χ0v) is 12.0. The third kappa shape index (κ3) is 4.46. The minimum Gasteiger partial charge on any atom is -0.324 e. The minimum atomic E-state index is -4.58. The van der Waals surface area contributed by atoms with Crippen LogP contribution >= 0.6 is 11.6 Å². The number of H-pyrrole nitrogens is 2. The summed E-state index contributed by atoms with van der Waals surface area (Å²) >= 11 is 5.75. The fraction of sp³-hybridized carbons (Fsp3) is 0.154. The molecule has 0 aliphatic heterocycles. The zero-order valence-electron chi connectivity index (χ0n) is 11.3. The summed E-state index contributed by atoms with van der Waals surface area (Å²) < 4.78 is 37.9. The molecule has 0 unspecified atom stereocenters. The molecule has 0 spiro atoms. The number of amides is 1. The molecule has 0 fully saturated rings. The van der Waals surface area contributed by atoms with E-state index in [1.165, 1.54) is 0 Å². The second-order valence-electron chi connectivity index (χ2n) is 4.53. The number of aromatic nitrogens is 2. The van der Waals surface area contributed by atoms with Crippen LogP contribution in [-0.2, 0) is 17.4 Å². The summed E-state index contributed by atoms with van der Waals surface area (Å²) in [6, 6.07) is 3.48. The molecule has 1 heterocycles. The third-order valence-electron chi connectivity index (χ3n) is 2.73. The van der Waals surface area contributed by atoms with Crippen molar-refractivity contribution in [3.05, 3.63) is 61.4 Å². The van der Waals surface area contributed by atoms with Gasteiger partial charge in [-0.1, -0.05) is 11.6 Å².